The maximum absolute atomic E-state index is 12.9. The number of thioether (sulfide) groups is 1. The van der Waals surface area contributed by atoms with E-state index >= 15 is 0 Å². The van der Waals surface area contributed by atoms with Crippen LogP contribution in [0.4, 0.5) is 0 Å². The molecule has 0 saturated carbocycles. The molecule has 0 radical (unpaired) electrons. The van der Waals surface area contributed by atoms with Gasteiger partial charge in [-0.1, -0.05) is 59.7 Å². The Labute approximate surface area is 233 Å². The zero-order chi connectivity index (χ0) is 28.1. The van der Waals surface area contributed by atoms with Crippen LogP contribution in [0, 0.1) is 20.8 Å². The lowest BCUT2D eigenvalue weighted by Gasteiger charge is -2.25. The number of aromatic nitrogens is 2. The molecule has 4 rings (SSSR count). The van der Waals surface area contributed by atoms with Crippen molar-refractivity contribution < 1.29 is 19.1 Å². The number of aryl methyl sites for hydroxylation is 3. The Morgan fingerprint density at radius 2 is 1.44 bits per heavy atom. The summed E-state index contributed by atoms with van der Waals surface area (Å²) in [5.74, 6) is -0.874. The van der Waals surface area contributed by atoms with Crippen LogP contribution in [0.15, 0.2) is 69.9 Å². The van der Waals surface area contributed by atoms with E-state index in [1.165, 1.54) is 11.8 Å². The van der Waals surface area contributed by atoms with Crippen LogP contribution in [0.1, 0.15) is 59.6 Å². The van der Waals surface area contributed by atoms with Crippen molar-refractivity contribution in [2.75, 3.05) is 13.2 Å². The van der Waals surface area contributed by atoms with Crippen molar-refractivity contribution in [1.29, 1.82) is 0 Å². The van der Waals surface area contributed by atoms with Gasteiger partial charge in [-0.15, -0.1) is 0 Å². The standard InChI is InChI=1S/C30H32N4O4S/c1-7-37-27(35)23-19(5)31-29(33-25(23)21-13-9-17(3)10-14-21)39-30-32-20(6)24(28(36)38-8-2)26(34-30)22-15-11-18(4)12-16-22/h9-16,25H,7-8H2,1-6H3,(H,31,33). The molecular formula is C30H32N4O4S. The number of carbonyl (C=O) groups is 2. The highest BCUT2D eigenvalue weighted by atomic mass is 32.2. The second-order valence-electron chi connectivity index (χ2n) is 9.14. The van der Waals surface area contributed by atoms with Crippen LogP contribution in [0.25, 0.3) is 11.3 Å². The number of benzene rings is 2. The highest BCUT2D eigenvalue weighted by Crippen LogP contribution is 2.35. The number of hydrogen-bond donors (Lipinski definition) is 1. The third-order valence-electron chi connectivity index (χ3n) is 6.17. The van der Waals surface area contributed by atoms with Gasteiger partial charge in [0.2, 0.25) is 0 Å². The van der Waals surface area contributed by atoms with Gasteiger partial charge in [0.1, 0.15) is 11.6 Å². The number of aliphatic imine (C=N–C) groups is 1. The number of nitrogens with one attached hydrogen (secondary N) is 1. The highest BCUT2D eigenvalue weighted by molar-refractivity contribution is 8.13. The fourth-order valence-corrected chi connectivity index (χ4v) is 5.06. The molecule has 0 saturated heterocycles. The van der Waals surface area contributed by atoms with Crippen LogP contribution < -0.4 is 5.32 Å². The summed E-state index contributed by atoms with van der Waals surface area (Å²) < 4.78 is 10.7. The number of carbonyl (C=O) groups excluding carboxylic acids is 2. The Kier molecular flexibility index (Phi) is 8.81. The number of ether oxygens (including phenoxy) is 2. The Morgan fingerprint density at radius 1 is 0.846 bits per heavy atom. The smallest absolute Gasteiger partial charge is 0.342 e. The van der Waals surface area contributed by atoms with Gasteiger partial charge in [0.05, 0.1) is 30.2 Å². The number of rotatable bonds is 7. The summed E-state index contributed by atoms with van der Waals surface area (Å²) in [5, 5.41) is 4.18. The van der Waals surface area contributed by atoms with Gasteiger partial charge in [-0.05, 0) is 58.9 Å². The molecule has 0 aliphatic carbocycles. The summed E-state index contributed by atoms with van der Waals surface area (Å²) in [6, 6.07) is 15.2. The molecule has 1 aromatic heterocycles. The molecule has 2 heterocycles. The zero-order valence-electron chi connectivity index (χ0n) is 23.0. The first kappa shape index (κ1) is 28.0. The van der Waals surface area contributed by atoms with Crippen molar-refractivity contribution in [1.82, 2.24) is 15.3 Å². The number of esters is 2. The molecule has 1 N–H and O–H groups in total. The predicted octanol–water partition coefficient (Wildman–Crippen LogP) is 5.88. The largest absolute Gasteiger partial charge is 0.463 e. The molecule has 0 bridgehead atoms. The lowest BCUT2D eigenvalue weighted by Crippen LogP contribution is -2.30. The van der Waals surface area contributed by atoms with Crippen molar-refractivity contribution in [3.63, 3.8) is 0 Å². The van der Waals surface area contributed by atoms with Gasteiger partial charge < -0.3 is 14.8 Å². The predicted molar refractivity (Wildman–Crippen MR) is 153 cm³/mol. The molecule has 1 aliphatic heterocycles. The Balaban J connectivity index is 1.76. The molecule has 1 unspecified atom stereocenters. The van der Waals surface area contributed by atoms with Crippen LogP contribution in [-0.2, 0) is 14.3 Å². The Morgan fingerprint density at radius 3 is 2.05 bits per heavy atom. The van der Waals surface area contributed by atoms with E-state index in [-0.39, 0.29) is 13.2 Å². The number of allylic oxidation sites excluding steroid dienone is 1. The number of hydrogen-bond acceptors (Lipinski definition) is 9. The van der Waals surface area contributed by atoms with E-state index in [1.807, 2.05) is 69.3 Å². The van der Waals surface area contributed by atoms with Gasteiger partial charge in [0.25, 0.3) is 0 Å². The van der Waals surface area contributed by atoms with Crippen LogP contribution in [0.5, 0.6) is 0 Å². The lowest BCUT2D eigenvalue weighted by atomic mass is 9.96. The molecule has 39 heavy (non-hydrogen) atoms. The molecule has 9 heteroatoms. The Bertz CT molecular complexity index is 1450. The first-order valence-electron chi connectivity index (χ1n) is 12.8. The molecule has 1 atom stereocenters. The van der Waals surface area contributed by atoms with E-state index < -0.39 is 18.0 Å². The molecule has 1 aliphatic rings. The molecule has 8 nitrogen and oxygen atoms in total. The van der Waals surface area contributed by atoms with E-state index in [9.17, 15) is 9.59 Å². The quantitative estimate of drug-likeness (QED) is 0.291. The van der Waals surface area contributed by atoms with E-state index in [1.54, 1.807) is 20.8 Å². The summed E-state index contributed by atoms with van der Waals surface area (Å²) in [6.45, 7) is 11.7. The minimum Gasteiger partial charge on any atom is -0.463 e. The van der Waals surface area contributed by atoms with Crippen LogP contribution in [0.3, 0.4) is 0 Å². The third-order valence-corrected chi connectivity index (χ3v) is 6.93. The molecule has 0 amide bonds. The fraction of sp³-hybridized carbons (Fsp3) is 0.300. The summed E-state index contributed by atoms with van der Waals surface area (Å²) >= 11 is 1.24. The first-order valence-corrected chi connectivity index (χ1v) is 13.6. The SMILES string of the molecule is CCOC(=O)C1=C(C)NC(Sc2nc(C)c(C(=O)OCC)c(-c3ccc(C)cc3)n2)=NC1c1ccc(C)cc1. The van der Waals surface area contributed by atoms with E-state index in [2.05, 4.69) is 10.3 Å². The first-order chi connectivity index (χ1) is 18.7. The second-order valence-corrected chi connectivity index (χ2v) is 10.1. The van der Waals surface area contributed by atoms with Crippen LogP contribution >= 0.6 is 11.8 Å². The minimum absolute atomic E-state index is 0.248. The van der Waals surface area contributed by atoms with Gasteiger partial charge in [-0.3, -0.25) is 0 Å². The summed E-state index contributed by atoms with van der Waals surface area (Å²) in [7, 11) is 0. The third kappa shape index (κ3) is 6.37. The van der Waals surface area contributed by atoms with Gasteiger partial charge in [0, 0.05) is 11.3 Å². The maximum Gasteiger partial charge on any atom is 0.342 e. The molecule has 0 fully saturated rings. The maximum atomic E-state index is 12.9. The second kappa shape index (κ2) is 12.3. The number of amidine groups is 1. The van der Waals surface area contributed by atoms with Gasteiger partial charge >= 0.3 is 11.9 Å². The van der Waals surface area contributed by atoms with Crippen molar-refractivity contribution >= 4 is 28.9 Å². The molecule has 0 spiro atoms. The molecular weight excluding hydrogens is 512 g/mol. The van der Waals surface area contributed by atoms with Crippen molar-refractivity contribution in [3.05, 3.63) is 87.7 Å². The average Bonchev–Trinajstić information content (AvgIpc) is 2.89. The van der Waals surface area contributed by atoms with Gasteiger partial charge in [0.15, 0.2) is 10.3 Å². The minimum atomic E-state index is -0.551. The lowest BCUT2D eigenvalue weighted by molar-refractivity contribution is -0.138. The normalized spacial score (nSPS) is 14.9. The topological polar surface area (TPSA) is 103 Å². The Hall–Kier alpha value is -3.98. The monoisotopic (exact) mass is 544 g/mol. The van der Waals surface area contributed by atoms with Crippen molar-refractivity contribution in [2.24, 2.45) is 4.99 Å². The highest BCUT2D eigenvalue weighted by Gasteiger charge is 2.31. The van der Waals surface area contributed by atoms with Gasteiger partial charge in [-0.25, -0.2) is 24.5 Å². The van der Waals surface area contributed by atoms with Crippen LogP contribution in [-0.4, -0.2) is 40.3 Å². The average molecular weight is 545 g/mol. The van der Waals surface area contributed by atoms with E-state index in [4.69, 9.17) is 19.5 Å². The van der Waals surface area contributed by atoms with Crippen molar-refractivity contribution in [2.45, 2.75) is 52.7 Å². The van der Waals surface area contributed by atoms with E-state index in [0.29, 0.717) is 38.5 Å². The van der Waals surface area contributed by atoms with E-state index in [0.717, 1.165) is 22.3 Å². The zero-order valence-corrected chi connectivity index (χ0v) is 23.8. The van der Waals surface area contributed by atoms with Crippen LogP contribution in [0.2, 0.25) is 0 Å². The molecule has 2 aromatic carbocycles. The van der Waals surface area contributed by atoms with Crippen molar-refractivity contribution in [3.8, 4) is 11.3 Å². The summed E-state index contributed by atoms with van der Waals surface area (Å²) in [5.41, 5.74) is 6.31. The molecule has 3 aromatic rings. The molecule has 202 valence electrons. The van der Waals surface area contributed by atoms with Gasteiger partial charge in [-0.2, -0.15) is 0 Å². The number of nitrogens with zero attached hydrogens (tertiary/aromatic N) is 3. The fourth-order valence-electron chi connectivity index (χ4n) is 4.21. The summed E-state index contributed by atoms with van der Waals surface area (Å²) in [4.78, 5) is 40.0. The summed E-state index contributed by atoms with van der Waals surface area (Å²) in [6.07, 6.45) is 0.